The molecule has 4 unspecified atom stereocenters. The predicted molar refractivity (Wildman–Crippen MR) is 91.0 cm³/mol. The monoisotopic (exact) mass is 305 g/mol. The Bertz CT molecular complexity index is 401. The Morgan fingerprint density at radius 1 is 1.27 bits per heavy atom. The lowest BCUT2D eigenvalue weighted by Gasteiger charge is -2.61. The third kappa shape index (κ3) is 2.75. The molecule has 3 N–H and O–H groups in total. The molecule has 4 nitrogen and oxygen atoms in total. The first-order valence-electron chi connectivity index (χ1n) is 9.00. The molecule has 1 aliphatic carbocycles. The van der Waals surface area contributed by atoms with Gasteiger partial charge >= 0.3 is 0 Å². The van der Waals surface area contributed by atoms with Gasteiger partial charge in [0, 0.05) is 18.1 Å². The second-order valence-corrected chi connectivity index (χ2v) is 8.15. The van der Waals surface area contributed by atoms with Gasteiger partial charge in [-0.25, -0.2) is 0 Å². The lowest BCUT2D eigenvalue weighted by atomic mass is 9.62. The Kier molecular flexibility index (Phi) is 4.63. The maximum atomic E-state index is 6.64. The van der Waals surface area contributed by atoms with Crippen LogP contribution in [0.15, 0.2) is 0 Å². The van der Waals surface area contributed by atoms with Gasteiger partial charge in [0.15, 0.2) is 0 Å². The van der Waals surface area contributed by atoms with Gasteiger partial charge in [0.1, 0.15) is 0 Å². The zero-order valence-electron chi connectivity index (χ0n) is 14.5. The van der Waals surface area contributed by atoms with E-state index < -0.39 is 0 Å². The highest BCUT2D eigenvalue weighted by Gasteiger charge is 2.53. The maximum Gasteiger partial charge on any atom is 0.0954 e. The van der Waals surface area contributed by atoms with E-state index >= 15 is 0 Å². The van der Waals surface area contributed by atoms with Gasteiger partial charge < -0.3 is 15.8 Å². The smallest absolute Gasteiger partial charge is 0.0954 e. The van der Waals surface area contributed by atoms with Crippen LogP contribution in [0, 0.1) is 5.92 Å². The summed E-state index contributed by atoms with van der Waals surface area (Å²) in [5.74, 6) is 0.560. The van der Waals surface area contributed by atoms with Crippen molar-refractivity contribution in [3.05, 3.63) is 0 Å². The number of fused-ring (bicyclic) bond motifs is 1. The number of nitrogens with zero attached hydrogens (tertiary/aromatic N) is 1. The van der Waals surface area contributed by atoms with Crippen LogP contribution in [-0.4, -0.2) is 62.1 Å². The van der Waals surface area contributed by atoms with E-state index in [9.17, 15) is 0 Å². The van der Waals surface area contributed by atoms with E-state index in [0.29, 0.717) is 18.0 Å². The summed E-state index contributed by atoms with van der Waals surface area (Å²) >= 11 is 0. The van der Waals surface area contributed by atoms with E-state index in [1.54, 1.807) is 0 Å². The molecule has 2 saturated heterocycles. The number of likely N-dealkylation sites (tertiary alicyclic amines) is 1. The van der Waals surface area contributed by atoms with Gasteiger partial charge in [0.25, 0.3) is 0 Å². The van der Waals surface area contributed by atoms with Crippen LogP contribution >= 0.6 is 0 Å². The summed E-state index contributed by atoms with van der Waals surface area (Å²) in [5, 5.41) is 3.31. The van der Waals surface area contributed by atoms with Crippen LogP contribution in [0.5, 0.6) is 0 Å². The van der Waals surface area contributed by atoms with Crippen molar-refractivity contribution in [2.24, 2.45) is 11.7 Å². The predicted octanol–water partition coefficient (Wildman–Crippen LogP) is 1.23. The fourth-order valence-electron chi connectivity index (χ4n) is 5.26. The second kappa shape index (κ2) is 6.08. The van der Waals surface area contributed by atoms with Crippen molar-refractivity contribution in [2.75, 3.05) is 20.3 Å². The van der Waals surface area contributed by atoms with Crippen LogP contribution in [0.2, 0.25) is 0 Å². The number of nitrogens with two attached hydrogens (primary N) is 1. The Morgan fingerprint density at radius 3 is 2.55 bits per heavy atom. The molecule has 0 amide bonds. The highest BCUT2D eigenvalue weighted by atomic mass is 16.5. The molecule has 1 spiro atoms. The van der Waals surface area contributed by atoms with Gasteiger partial charge in [0.05, 0.1) is 26.6 Å². The van der Waals surface area contributed by atoms with E-state index in [0.717, 1.165) is 26.1 Å². The normalized spacial score (nSPS) is 42.5. The average molecular weight is 305 g/mol. The van der Waals surface area contributed by atoms with Crippen LogP contribution in [-0.2, 0) is 4.74 Å². The summed E-state index contributed by atoms with van der Waals surface area (Å²) in [5.41, 5.74) is 6.64. The zero-order chi connectivity index (χ0) is 16.0. The summed E-state index contributed by atoms with van der Waals surface area (Å²) < 4.78 is 5.61. The van der Waals surface area contributed by atoms with Crippen molar-refractivity contribution in [1.82, 2.24) is 10.2 Å². The Hall–Kier alpha value is -0.0951. The summed E-state index contributed by atoms with van der Waals surface area (Å²) in [6.45, 7) is 6.46. The zero-order valence-corrected chi connectivity index (χ0v) is 14.5. The summed E-state index contributed by atoms with van der Waals surface area (Å²) in [4.78, 5) is 2.76. The maximum absolute atomic E-state index is 6.64. The summed E-state index contributed by atoms with van der Waals surface area (Å²) in [6, 6.07) is 1.33. The Balaban J connectivity index is 1.83. The van der Waals surface area contributed by atoms with Gasteiger partial charge in [-0.2, -0.15) is 0 Å². The number of piperidine rings is 1. The topological polar surface area (TPSA) is 50.5 Å². The number of hydrogen-bond donors (Lipinski definition) is 2. The molecule has 1 saturated carbocycles. The van der Waals surface area contributed by atoms with E-state index in [4.69, 9.17) is 18.3 Å². The summed E-state index contributed by atoms with van der Waals surface area (Å²) in [7, 11) is 8.47. The molecule has 22 heavy (non-hydrogen) atoms. The number of ether oxygens (including phenoxy) is 1. The Morgan fingerprint density at radius 2 is 2.00 bits per heavy atom. The van der Waals surface area contributed by atoms with Gasteiger partial charge in [-0.15, -0.1) is 0 Å². The Labute approximate surface area is 136 Å². The third-order valence-electron chi connectivity index (χ3n) is 6.41. The third-order valence-corrected chi connectivity index (χ3v) is 6.41. The molecule has 3 fully saturated rings. The summed E-state index contributed by atoms with van der Waals surface area (Å²) in [6.07, 6.45) is 6.70. The molecule has 4 atom stereocenters. The molecule has 0 bridgehead atoms. The van der Waals surface area contributed by atoms with Gasteiger partial charge in [-0.1, -0.05) is 6.42 Å². The van der Waals surface area contributed by atoms with Crippen molar-refractivity contribution in [2.45, 2.75) is 81.5 Å². The lowest BCUT2D eigenvalue weighted by Crippen LogP contribution is -2.72. The molecule has 3 aliphatic rings. The van der Waals surface area contributed by atoms with E-state index in [-0.39, 0.29) is 17.0 Å². The molecule has 0 aromatic heterocycles. The first-order chi connectivity index (χ1) is 10.4. The standard InChI is InChI=1S/C17H32BN3O/c1-12(2)21-15-5-4-7-17(18,20-3)9-14(19)13(15)6-8-16(21)10-22-11-16/h12-15,20H,4-11,19H2,1-3H3. The SMILES string of the molecule is [B]C1(NC)CCCC2C(CCC3(COC3)N2C(C)C)C(N)C1. The second-order valence-electron chi connectivity index (χ2n) is 8.15. The molecule has 2 heterocycles. The van der Waals surface area contributed by atoms with Gasteiger partial charge in [-0.05, 0) is 64.4 Å². The highest BCUT2D eigenvalue weighted by molar-refractivity contribution is 6.15. The van der Waals surface area contributed by atoms with E-state index in [1.807, 2.05) is 7.05 Å². The van der Waals surface area contributed by atoms with Crippen molar-refractivity contribution >= 4 is 7.85 Å². The molecular formula is C17H32BN3O. The fourth-order valence-corrected chi connectivity index (χ4v) is 5.26. The quantitative estimate of drug-likeness (QED) is 0.754. The minimum atomic E-state index is -0.290. The molecule has 0 aromatic rings. The molecular weight excluding hydrogens is 273 g/mol. The average Bonchev–Trinajstić information content (AvgIpc) is 2.42. The molecule has 124 valence electrons. The number of nitrogens with one attached hydrogen (secondary N) is 1. The van der Waals surface area contributed by atoms with Crippen molar-refractivity contribution in [3.63, 3.8) is 0 Å². The van der Waals surface area contributed by atoms with Crippen LogP contribution < -0.4 is 11.1 Å². The van der Waals surface area contributed by atoms with Crippen molar-refractivity contribution in [3.8, 4) is 0 Å². The first kappa shape index (κ1) is 16.8. The minimum Gasteiger partial charge on any atom is -0.377 e. The molecule has 3 rings (SSSR count). The highest BCUT2D eigenvalue weighted by Crippen LogP contribution is 2.45. The number of rotatable bonds is 2. The van der Waals surface area contributed by atoms with Crippen LogP contribution in [0.4, 0.5) is 0 Å². The van der Waals surface area contributed by atoms with Crippen LogP contribution in [0.1, 0.15) is 52.4 Å². The largest absolute Gasteiger partial charge is 0.377 e. The van der Waals surface area contributed by atoms with Crippen molar-refractivity contribution < 1.29 is 4.74 Å². The molecule has 2 aliphatic heterocycles. The van der Waals surface area contributed by atoms with Crippen LogP contribution in [0.3, 0.4) is 0 Å². The van der Waals surface area contributed by atoms with Gasteiger partial charge in [-0.3, -0.25) is 4.90 Å². The van der Waals surface area contributed by atoms with E-state index in [1.165, 1.54) is 25.7 Å². The first-order valence-corrected chi connectivity index (χ1v) is 9.00. The van der Waals surface area contributed by atoms with Gasteiger partial charge in [0.2, 0.25) is 0 Å². The minimum absolute atomic E-state index is 0.183. The van der Waals surface area contributed by atoms with Crippen molar-refractivity contribution in [1.29, 1.82) is 0 Å². The van der Waals surface area contributed by atoms with Crippen LogP contribution in [0.25, 0.3) is 0 Å². The molecule has 0 aromatic carbocycles. The van der Waals surface area contributed by atoms with E-state index in [2.05, 4.69) is 24.1 Å². The lowest BCUT2D eigenvalue weighted by molar-refractivity contribution is -0.197. The molecule has 5 heteroatoms. The molecule has 2 radical (unpaired) electrons. The number of hydrogen-bond acceptors (Lipinski definition) is 4. The fraction of sp³-hybridized carbons (Fsp3) is 1.00.